The van der Waals surface area contributed by atoms with Crippen molar-refractivity contribution >= 4 is 22.8 Å². The highest BCUT2D eigenvalue weighted by molar-refractivity contribution is 5.94. The molecule has 1 fully saturated rings. The number of benzene rings is 1. The average Bonchev–Trinajstić information content (AvgIpc) is 3.21. The SMILES string of the molecule is CN(c1ncnc2[nH]ccc12)C1CCN(C(=O)c2ccc(C(F)(F)F)cc2)CC1. The minimum absolute atomic E-state index is 0.208. The van der Waals surface area contributed by atoms with Crippen LogP contribution < -0.4 is 4.90 Å². The number of hydrogen-bond acceptors (Lipinski definition) is 4. The van der Waals surface area contributed by atoms with Gasteiger partial charge in [0.25, 0.3) is 5.91 Å². The average molecular weight is 403 g/mol. The van der Waals surface area contributed by atoms with Crippen molar-refractivity contribution in [1.29, 1.82) is 0 Å². The molecule has 0 bridgehead atoms. The van der Waals surface area contributed by atoms with E-state index >= 15 is 0 Å². The number of carbonyl (C=O) groups excluding carboxylic acids is 1. The maximum Gasteiger partial charge on any atom is 0.416 e. The monoisotopic (exact) mass is 403 g/mol. The molecule has 0 atom stereocenters. The van der Waals surface area contributed by atoms with Crippen LogP contribution in [0.5, 0.6) is 0 Å². The Labute approximate surface area is 165 Å². The zero-order chi connectivity index (χ0) is 20.6. The first kappa shape index (κ1) is 19.2. The molecule has 1 saturated heterocycles. The van der Waals surface area contributed by atoms with Crippen LogP contribution in [0.25, 0.3) is 11.0 Å². The Hall–Kier alpha value is -3.10. The molecule has 1 N–H and O–H groups in total. The van der Waals surface area contributed by atoms with Gasteiger partial charge in [0.05, 0.1) is 10.9 Å². The van der Waals surface area contributed by atoms with E-state index in [1.165, 1.54) is 18.5 Å². The summed E-state index contributed by atoms with van der Waals surface area (Å²) in [7, 11) is 1.98. The molecule has 0 unspecified atom stereocenters. The highest BCUT2D eigenvalue weighted by atomic mass is 19.4. The van der Waals surface area contributed by atoms with Crippen molar-refractivity contribution in [3.63, 3.8) is 0 Å². The topological polar surface area (TPSA) is 65.1 Å². The third-order valence-electron chi connectivity index (χ3n) is 5.43. The van der Waals surface area contributed by atoms with E-state index in [1.807, 2.05) is 19.3 Å². The van der Waals surface area contributed by atoms with Gasteiger partial charge in [-0.3, -0.25) is 4.79 Å². The van der Waals surface area contributed by atoms with E-state index in [9.17, 15) is 18.0 Å². The van der Waals surface area contributed by atoms with Crippen LogP contribution in [0.4, 0.5) is 19.0 Å². The van der Waals surface area contributed by atoms with Gasteiger partial charge < -0.3 is 14.8 Å². The molecule has 1 aliphatic heterocycles. The third-order valence-corrected chi connectivity index (χ3v) is 5.43. The molecule has 1 amide bonds. The Morgan fingerprint density at radius 3 is 2.48 bits per heavy atom. The van der Waals surface area contributed by atoms with Gasteiger partial charge in [-0.05, 0) is 43.2 Å². The normalized spacial score (nSPS) is 15.7. The van der Waals surface area contributed by atoms with Crippen LogP contribution in [0, 0.1) is 0 Å². The van der Waals surface area contributed by atoms with Gasteiger partial charge in [0.2, 0.25) is 0 Å². The molecule has 0 aliphatic carbocycles. The van der Waals surface area contributed by atoms with Crippen molar-refractivity contribution < 1.29 is 18.0 Å². The van der Waals surface area contributed by atoms with Gasteiger partial charge in [0.15, 0.2) is 0 Å². The van der Waals surface area contributed by atoms with E-state index in [2.05, 4.69) is 19.9 Å². The first-order valence-electron chi connectivity index (χ1n) is 9.32. The summed E-state index contributed by atoms with van der Waals surface area (Å²) < 4.78 is 38.1. The highest BCUT2D eigenvalue weighted by Crippen LogP contribution is 2.30. The van der Waals surface area contributed by atoms with Crippen LogP contribution in [-0.2, 0) is 6.18 Å². The molecule has 29 heavy (non-hydrogen) atoms. The number of piperidine rings is 1. The molecule has 2 aromatic heterocycles. The van der Waals surface area contributed by atoms with Gasteiger partial charge in [0, 0.05) is 37.9 Å². The Balaban J connectivity index is 1.41. The lowest BCUT2D eigenvalue weighted by Crippen LogP contribution is -2.46. The van der Waals surface area contributed by atoms with E-state index in [1.54, 1.807) is 4.90 Å². The molecule has 0 spiro atoms. The molecule has 3 aromatic rings. The zero-order valence-corrected chi connectivity index (χ0v) is 15.8. The quantitative estimate of drug-likeness (QED) is 0.724. The van der Waals surface area contributed by atoms with Crippen LogP contribution in [0.3, 0.4) is 0 Å². The first-order valence-corrected chi connectivity index (χ1v) is 9.32. The van der Waals surface area contributed by atoms with Crippen LogP contribution in [0.1, 0.15) is 28.8 Å². The predicted octanol–water partition coefficient (Wildman–Crippen LogP) is 3.72. The molecule has 1 aromatic carbocycles. The number of aromatic nitrogens is 3. The standard InChI is InChI=1S/C20H20F3N5O/c1-27(18-16-6-9-24-17(16)25-12-26-18)15-7-10-28(11-8-15)19(29)13-2-4-14(5-3-13)20(21,22)23/h2-6,9,12,15H,7-8,10-11H2,1H3,(H,24,25,26). The number of hydrogen-bond donors (Lipinski definition) is 1. The number of amides is 1. The van der Waals surface area contributed by atoms with Crippen LogP contribution >= 0.6 is 0 Å². The molecule has 152 valence electrons. The number of nitrogens with one attached hydrogen (secondary N) is 1. The fourth-order valence-electron chi connectivity index (χ4n) is 3.75. The van der Waals surface area contributed by atoms with Gasteiger partial charge in [-0.25, -0.2) is 9.97 Å². The van der Waals surface area contributed by atoms with E-state index in [0.717, 1.165) is 41.8 Å². The number of fused-ring (bicyclic) bond motifs is 1. The molecule has 0 radical (unpaired) electrons. The number of halogens is 3. The van der Waals surface area contributed by atoms with Crippen molar-refractivity contribution in [3.05, 3.63) is 54.0 Å². The molecule has 9 heteroatoms. The largest absolute Gasteiger partial charge is 0.416 e. The number of rotatable bonds is 3. The molecular formula is C20H20F3N5O. The number of anilines is 1. The number of H-pyrrole nitrogens is 1. The second kappa shape index (κ2) is 7.38. The summed E-state index contributed by atoms with van der Waals surface area (Å²) in [5.41, 5.74) is 0.293. The van der Waals surface area contributed by atoms with E-state index < -0.39 is 11.7 Å². The lowest BCUT2D eigenvalue weighted by atomic mass is 10.0. The molecule has 0 saturated carbocycles. The summed E-state index contributed by atoms with van der Waals surface area (Å²) in [4.78, 5) is 28.1. The second-order valence-corrected chi connectivity index (χ2v) is 7.15. The van der Waals surface area contributed by atoms with Crippen molar-refractivity contribution in [1.82, 2.24) is 19.9 Å². The predicted molar refractivity (Wildman–Crippen MR) is 103 cm³/mol. The summed E-state index contributed by atoms with van der Waals surface area (Å²) in [6.45, 7) is 1.08. The van der Waals surface area contributed by atoms with E-state index in [0.29, 0.717) is 13.1 Å². The minimum atomic E-state index is -4.41. The lowest BCUT2D eigenvalue weighted by molar-refractivity contribution is -0.137. The van der Waals surface area contributed by atoms with Crippen molar-refractivity contribution in [2.24, 2.45) is 0 Å². The fourth-order valence-corrected chi connectivity index (χ4v) is 3.75. The lowest BCUT2D eigenvalue weighted by Gasteiger charge is -2.37. The van der Waals surface area contributed by atoms with Crippen molar-refractivity contribution in [2.75, 3.05) is 25.0 Å². The molecule has 4 rings (SSSR count). The number of nitrogens with zero attached hydrogens (tertiary/aromatic N) is 4. The van der Waals surface area contributed by atoms with Crippen LogP contribution in [0.2, 0.25) is 0 Å². The molecule has 6 nitrogen and oxygen atoms in total. The maximum atomic E-state index is 12.7. The number of alkyl halides is 3. The molecule has 3 heterocycles. The third kappa shape index (κ3) is 3.76. The molecular weight excluding hydrogens is 383 g/mol. The number of carbonyl (C=O) groups is 1. The maximum absolute atomic E-state index is 12.7. The Kier molecular flexibility index (Phi) is 4.89. The van der Waals surface area contributed by atoms with Crippen LogP contribution in [0.15, 0.2) is 42.9 Å². The fraction of sp³-hybridized carbons (Fsp3) is 0.350. The Bertz CT molecular complexity index is 1010. The van der Waals surface area contributed by atoms with Crippen molar-refractivity contribution in [2.45, 2.75) is 25.1 Å². The minimum Gasteiger partial charge on any atom is -0.356 e. The van der Waals surface area contributed by atoms with Gasteiger partial charge in [-0.2, -0.15) is 13.2 Å². The zero-order valence-electron chi connectivity index (χ0n) is 15.8. The number of likely N-dealkylation sites (tertiary alicyclic amines) is 1. The van der Waals surface area contributed by atoms with Crippen molar-refractivity contribution in [3.8, 4) is 0 Å². The second-order valence-electron chi connectivity index (χ2n) is 7.15. The first-order chi connectivity index (χ1) is 13.8. The van der Waals surface area contributed by atoms with E-state index in [-0.39, 0.29) is 17.5 Å². The van der Waals surface area contributed by atoms with Gasteiger partial charge in [0.1, 0.15) is 17.8 Å². The van der Waals surface area contributed by atoms with Crippen LogP contribution in [-0.4, -0.2) is 51.9 Å². The van der Waals surface area contributed by atoms with Gasteiger partial charge in [-0.15, -0.1) is 0 Å². The Morgan fingerprint density at radius 1 is 1.14 bits per heavy atom. The Morgan fingerprint density at radius 2 is 1.83 bits per heavy atom. The van der Waals surface area contributed by atoms with E-state index in [4.69, 9.17) is 0 Å². The smallest absolute Gasteiger partial charge is 0.356 e. The summed E-state index contributed by atoms with van der Waals surface area (Å²) in [5, 5.41) is 0.943. The summed E-state index contributed by atoms with van der Waals surface area (Å²) >= 11 is 0. The van der Waals surface area contributed by atoms with Gasteiger partial charge >= 0.3 is 6.18 Å². The summed E-state index contributed by atoms with van der Waals surface area (Å²) in [6.07, 6.45) is 0.434. The summed E-state index contributed by atoms with van der Waals surface area (Å²) in [5.74, 6) is 0.596. The summed E-state index contributed by atoms with van der Waals surface area (Å²) in [6, 6.07) is 6.53. The highest BCUT2D eigenvalue weighted by Gasteiger charge is 2.31. The van der Waals surface area contributed by atoms with Gasteiger partial charge in [-0.1, -0.05) is 0 Å². The number of aromatic amines is 1. The molecule has 1 aliphatic rings.